The number of aryl methyl sites for hydroxylation is 1. The molecule has 1 heterocycles. The molecule has 0 aliphatic heterocycles. The zero-order valence-electron chi connectivity index (χ0n) is 16.3. The molecule has 1 aliphatic carbocycles. The average Bonchev–Trinajstić information content (AvgIpc) is 2.61. The molecule has 6 nitrogen and oxygen atoms in total. The molecule has 0 spiro atoms. The first-order valence-electron chi connectivity index (χ1n) is 9.66. The van der Waals surface area contributed by atoms with Crippen molar-refractivity contribution < 1.29 is 14.3 Å². The number of fused-ring (bicyclic) bond motifs is 1. The third-order valence-corrected chi connectivity index (χ3v) is 4.83. The van der Waals surface area contributed by atoms with Gasteiger partial charge >= 0.3 is 0 Å². The Balaban J connectivity index is 1.57. The van der Waals surface area contributed by atoms with Gasteiger partial charge in [0.1, 0.15) is 12.4 Å². The minimum absolute atomic E-state index is 0.0451. The largest absolute Gasteiger partial charge is 0.490 e. The van der Waals surface area contributed by atoms with Gasteiger partial charge in [-0.25, -0.2) is 0 Å². The van der Waals surface area contributed by atoms with E-state index in [0.717, 1.165) is 48.0 Å². The summed E-state index contributed by atoms with van der Waals surface area (Å²) in [7, 11) is 0. The number of nitrogens with two attached hydrogens (primary N) is 1. The highest BCUT2D eigenvalue weighted by Gasteiger charge is 2.24. The summed E-state index contributed by atoms with van der Waals surface area (Å²) in [6, 6.07) is 7.92. The number of hydrogen-bond donors (Lipinski definition) is 2. The molecule has 2 aromatic rings. The monoisotopic (exact) mass is 371 g/mol. The molecule has 6 heteroatoms. The van der Waals surface area contributed by atoms with Crippen LogP contribution in [0.5, 0.6) is 5.75 Å². The Morgan fingerprint density at radius 2 is 2.04 bits per heavy atom. The number of carbonyl (C=O) groups excluding carboxylic acids is 1. The number of benzene rings is 1. The number of nitrogens with zero attached hydrogens (tertiary/aromatic N) is 1. The molecule has 1 aromatic carbocycles. The highest BCUT2D eigenvalue weighted by Crippen LogP contribution is 2.33. The summed E-state index contributed by atoms with van der Waals surface area (Å²) in [6.07, 6.45) is 3.77. The van der Waals surface area contributed by atoms with Crippen LogP contribution in [0.3, 0.4) is 0 Å². The van der Waals surface area contributed by atoms with Crippen LogP contribution in [-0.2, 0) is 9.53 Å². The molecule has 0 atom stereocenters. The van der Waals surface area contributed by atoms with Gasteiger partial charge in [0.25, 0.3) is 0 Å². The molecule has 0 saturated heterocycles. The van der Waals surface area contributed by atoms with Gasteiger partial charge in [-0.15, -0.1) is 0 Å². The lowest BCUT2D eigenvalue weighted by molar-refractivity contribution is -0.128. The minimum atomic E-state index is -0.0451. The van der Waals surface area contributed by atoms with E-state index in [2.05, 4.69) is 10.3 Å². The summed E-state index contributed by atoms with van der Waals surface area (Å²) in [4.78, 5) is 16.5. The molecule has 1 saturated carbocycles. The predicted octanol–water partition coefficient (Wildman–Crippen LogP) is 3.36. The van der Waals surface area contributed by atoms with Crippen molar-refractivity contribution in [1.29, 1.82) is 0 Å². The number of pyridine rings is 1. The van der Waals surface area contributed by atoms with E-state index in [1.54, 1.807) is 0 Å². The quantitative estimate of drug-likeness (QED) is 0.813. The number of ether oxygens (including phenoxy) is 2. The van der Waals surface area contributed by atoms with Crippen LogP contribution in [0.15, 0.2) is 24.3 Å². The summed E-state index contributed by atoms with van der Waals surface area (Å²) < 4.78 is 11.6. The van der Waals surface area contributed by atoms with Crippen molar-refractivity contribution in [2.75, 3.05) is 12.3 Å². The van der Waals surface area contributed by atoms with Crippen molar-refractivity contribution in [3.8, 4) is 5.75 Å². The smallest absolute Gasteiger partial charge is 0.246 e. The summed E-state index contributed by atoms with van der Waals surface area (Å²) in [6.45, 7) is 5.90. The van der Waals surface area contributed by atoms with Crippen LogP contribution in [0, 0.1) is 6.92 Å². The second kappa shape index (κ2) is 8.57. The van der Waals surface area contributed by atoms with Crippen molar-refractivity contribution in [2.24, 2.45) is 0 Å². The molecular formula is C21H29N3O3. The van der Waals surface area contributed by atoms with E-state index in [1.165, 1.54) is 0 Å². The van der Waals surface area contributed by atoms with Gasteiger partial charge in [0.2, 0.25) is 5.91 Å². The van der Waals surface area contributed by atoms with Gasteiger partial charge in [-0.1, -0.05) is 6.07 Å². The molecule has 3 N–H and O–H groups in total. The Morgan fingerprint density at radius 3 is 2.74 bits per heavy atom. The van der Waals surface area contributed by atoms with E-state index in [9.17, 15) is 4.79 Å². The third-order valence-electron chi connectivity index (χ3n) is 4.83. The molecular weight excluding hydrogens is 342 g/mol. The standard InChI is InChI=1S/C21H29N3O3/c1-13(2)26-12-20(25)24-15-7-9-16(10-8-15)27-19-6-4-5-18-21(19)17(22)11-14(3)23-18/h4-6,11,13,15-16H,7-10,12H2,1-3H3,(H2,22,23)(H,24,25)/t15-,16-. The topological polar surface area (TPSA) is 86.5 Å². The van der Waals surface area contributed by atoms with Gasteiger partial charge in [0.05, 0.1) is 23.1 Å². The highest BCUT2D eigenvalue weighted by molar-refractivity contribution is 5.95. The van der Waals surface area contributed by atoms with Crippen molar-refractivity contribution in [2.45, 2.75) is 64.7 Å². The fourth-order valence-electron chi connectivity index (χ4n) is 3.54. The van der Waals surface area contributed by atoms with Crippen LogP contribution >= 0.6 is 0 Å². The molecule has 146 valence electrons. The number of aromatic nitrogens is 1. The van der Waals surface area contributed by atoms with Gasteiger partial charge in [-0.3, -0.25) is 9.78 Å². The second-order valence-electron chi connectivity index (χ2n) is 7.52. The lowest BCUT2D eigenvalue weighted by atomic mass is 9.93. The van der Waals surface area contributed by atoms with Crippen LogP contribution in [0.2, 0.25) is 0 Å². The number of amides is 1. The summed E-state index contributed by atoms with van der Waals surface area (Å²) in [5.74, 6) is 0.742. The van der Waals surface area contributed by atoms with Gasteiger partial charge in [0.15, 0.2) is 0 Å². The first-order chi connectivity index (χ1) is 12.9. The second-order valence-corrected chi connectivity index (χ2v) is 7.52. The number of anilines is 1. The Labute approximate surface area is 160 Å². The number of rotatable bonds is 6. The molecule has 1 aliphatic rings. The number of nitrogens with one attached hydrogen (secondary N) is 1. The lowest BCUT2D eigenvalue weighted by Crippen LogP contribution is -2.41. The van der Waals surface area contributed by atoms with E-state index in [-0.39, 0.29) is 30.8 Å². The van der Waals surface area contributed by atoms with E-state index in [0.29, 0.717) is 5.69 Å². The molecule has 1 aromatic heterocycles. The van der Waals surface area contributed by atoms with Crippen molar-refractivity contribution in [1.82, 2.24) is 10.3 Å². The van der Waals surface area contributed by atoms with Crippen LogP contribution in [0.4, 0.5) is 5.69 Å². The van der Waals surface area contributed by atoms with E-state index in [4.69, 9.17) is 15.2 Å². The maximum atomic E-state index is 11.9. The molecule has 0 bridgehead atoms. The van der Waals surface area contributed by atoms with Gasteiger partial charge in [-0.05, 0) is 64.7 Å². The number of nitrogen functional groups attached to an aromatic ring is 1. The van der Waals surface area contributed by atoms with Crippen LogP contribution < -0.4 is 15.8 Å². The lowest BCUT2D eigenvalue weighted by Gasteiger charge is -2.30. The first kappa shape index (κ1) is 19.4. The predicted molar refractivity (Wildman–Crippen MR) is 107 cm³/mol. The van der Waals surface area contributed by atoms with E-state index in [1.807, 2.05) is 45.0 Å². The van der Waals surface area contributed by atoms with Gasteiger partial charge in [-0.2, -0.15) is 0 Å². The number of carbonyl (C=O) groups is 1. The Bertz CT molecular complexity index is 799. The zero-order valence-corrected chi connectivity index (χ0v) is 16.3. The fourth-order valence-corrected chi connectivity index (χ4v) is 3.54. The minimum Gasteiger partial charge on any atom is -0.490 e. The van der Waals surface area contributed by atoms with E-state index < -0.39 is 0 Å². The summed E-state index contributed by atoms with van der Waals surface area (Å²) in [5, 5.41) is 3.93. The Kier molecular flexibility index (Phi) is 6.16. The SMILES string of the molecule is Cc1cc(N)c2c(O[C@H]3CC[C@H](NC(=O)COC(C)C)CC3)cccc2n1. The third kappa shape index (κ3) is 5.10. The molecule has 0 unspecified atom stereocenters. The van der Waals surface area contributed by atoms with Crippen molar-refractivity contribution in [3.05, 3.63) is 30.0 Å². The molecule has 0 radical (unpaired) electrons. The molecule has 27 heavy (non-hydrogen) atoms. The Hall–Kier alpha value is -2.34. The molecule has 1 amide bonds. The van der Waals surface area contributed by atoms with Crippen LogP contribution in [0.25, 0.3) is 10.9 Å². The normalized spacial score (nSPS) is 20.0. The van der Waals surface area contributed by atoms with Crippen molar-refractivity contribution in [3.63, 3.8) is 0 Å². The molecule has 3 rings (SSSR count). The van der Waals surface area contributed by atoms with E-state index >= 15 is 0 Å². The highest BCUT2D eigenvalue weighted by atomic mass is 16.5. The fraction of sp³-hybridized carbons (Fsp3) is 0.524. The maximum Gasteiger partial charge on any atom is 0.246 e. The van der Waals surface area contributed by atoms with Gasteiger partial charge < -0.3 is 20.5 Å². The Morgan fingerprint density at radius 1 is 1.30 bits per heavy atom. The number of hydrogen-bond acceptors (Lipinski definition) is 5. The van der Waals surface area contributed by atoms with Crippen LogP contribution in [0.1, 0.15) is 45.2 Å². The summed E-state index contributed by atoms with van der Waals surface area (Å²) in [5.41, 5.74) is 8.66. The van der Waals surface area contributed by atoms with Crippen LogP contribution in [-0.4, -0.2) is 35.7 Å². The summed E-state index contributed by atoms with van der Waals surface area (Å²) >= 11 is 0. The zero-order chi connectivity index (χ0) is 19.4. The first-order valence-corrected chi connectivity index (χ1v) is 9.66. The van der Waals surface area contributed by atoms with Gasteiger partial charge in [0, 0.05) is 17.4 Å². The average molecular weight is 371 g/mol. The maximum absolute atomic E-state index is 11.9. The molecule has 1 fully saturated rings. The van der Waals surface area contributed by atoms with Crippen molar-refractivity contribution >= 4 is 22.5 Å².